The number of rotatable bonds is 4. The molecule has 0 radical (unpaired) electrons. The lowest BCUT2D eigenvalue weighted by atomic mass is 9.87. The van der Waals surface area contributed by atoms with Gasteiger partial charge in [0.25, 0.3) is 0 Å². The normalized spacial score (nSPS) is 17.8. The van der Waals surface area contributed by atoms with Crippen LogP contribution in [0.4, 0.5) is 0 Å². The maximum absolute atomic E-state index is 9.18. The molecule has 1 saturated carbocycles. The zero-order chi connectivity index (χ0) is 11.4. The summed E-state index contributed by atoms with van der Waals surface area (Å²) in [5.74, 6) is 0.858. The number of aliphatic hydroxyl groups excluding tert-OH is 1. The summed E-state index contributed by atoms with van der Waals surface area (Å²) >= 11 is 5.20. The van der Waals surface area contributed by atoms with Crippen LogP contribution in [0.2, 0.25) is 0 Å². The summed E-state index contributed by atoms with van der Waals surface area (Å²) < 4.78 is 2.77. The van der Waals surface area contributed by atoms with Crippen LogP contribution in [0.3, 0.4) is 0 Å². The minimum Gasteiger partial charge on any atom is -0.390 e. The highest BCUT2D eigenvalue weighted by molar-refractivity contribution is 7.71. The van der Waals surface area contributed by atoms with Crippen LogP contribution < -0.4 is 0 Å². The van der Waals surface area contributed by atoms with Crippen molar-refractivity contribution in [2.45, 2.75) is 51.7 Å². The molecule has 0 aliphatic heterocycles. The molecular weight excluding hydrogens is 220 g/mol. The number of aromatic nitrogens is 2. The fraction of sp³-hybridized carbons (Fsp3) is 0.750. The number of nitrogens with zero attached hydrogens (tertiary/aromatic N) is 1. The van der Waals surface area contributed by atoms with Gasteiger partial charge in [0.05, 0.1) is 12.3 Å². The molecular formula is C12H20N2OS. The molecule has 2 N–H and O–H groups in total. The SMILES string of the molecule is OCc1c[nH]c(=S)n1CCC1CCCCC1. The second kappa shape index (κ2) is 5.64. The summed E-state index contributed by atoms with van der Waals surface area (Å²) in [6.07, 6.45) is 9.91. The van der Waals surface area contributed by atoms with E-state index in [1.54, 1.807) is 0 Å². The lowest BCUT2D eigenvalue weighted by Crippen LogP contribution is -2.11. The van der Waals surface area contributed by atoms with Crippen LogP contribution >= 0.6 is 12.2 Å². The average molecular weight is 240 g/mol. The quantitative estimate of drug-likeness (QED) is 0.794. The van der Waals surface area contributed by atoms with Gasteiger partial charge in [-0.1, -0.05) is 32.1 Å². The van der Waals surface area contributed by atoms with Crippen molar-refractivity contribution < 1.29 is 5.11 Å². The van der Waals surface area contributed by atoms with Gasteiger partial charge in [0.2, 0.25) is 0 Å². The summed E-state index contributed by atoms with van der Waals surface area (Å²) in [5.41, 5.74) is 0.904. The van der Waals surface area contributed by atoms with Crippen LogP contribution in [-0.2, 0) is 13.2 Å². The van der Waals surface area contributed by atoms with E-state index in [0.29, 0.717) is 0 Å². The van der Waals surface area contributed by atoms with Gasteiger partial charge in [0.15, 0.2) is 4.77 Å². The van der Waals surface area contributed by atoms with Crippen LogP contribution in [0, 0.1) is 10.7 Å². The molecule has 1 aromatic heterocycles. The van der Waals surface area contributed by atoms with Crippen molar-refractivity contribution in [3.05, 3.63) is 16.7 Å². The number of hydrogen-bond donors (Lipinski definition) is 2. The highest BCUT2D eigenvalue weighted by Gasteiger charge is 2.14. The maximum atomic E-state index is 9.18. The molecule has 1 aliphatic rings. The lowest BCUT2D eigenvalue weighted by Gasteiger charge is -2.21. The first-order valence-corrected chi connectivity index (χ1v) is 6.60. The Bertz CT molecular complexity index is 377. The topological polar surface area (TPSA) is 40.9 Å². The van der Waals surface area contributed by atoms with E-state index in [1.807, 2.05) is 10.8 Å². The Labute approximate surface area is 102 Å². The maximum Gasteiger partial charge on any atom is 0.177 e. The molecule has 0 atom stereocenters. The van der Waals surface area contributed by atoms with Gasteiger partial charge in [-0.25, -0.2) is 0 Å². The minimum atomic E-state index is 0.0673. The molecule has 16 heavy (non-hydrogen) atoms. The first kappa shape index (κ1) is 11.9. The second-order valence-corrected chi connectivity index (χ2v) is 5.07. The Kier molecular flexibility index (Phi) is 4.18. The van der Waals surface area contributed by atoms with Crippen molar-refractivity contribution in [3.8, 4) is 0 Å². The first-order chi connectivity index (χ1) is 7.81. The van der Waals surface area contributed by atoms with Gasteiger partial charge in [-0.15, -0.1) is 0 Å². The van der Waals surface area contributed by atoms with E-state index in [-0.39, 0.29) is 6.61 Å². The third kappa shape index (κ3) is 2.74. The second-order valence-electron chi connectivity index (χ2n) is 4.69. The van der Waals surface area contributed by atoms with Gasteiger partial charge < -0.3 is 14.7 Å². The largest absolute Gasteiger partial charge is 0.390 e. The predicted molar refractivity (Wildman–Crippen MR) is 66.7 cm³/mol. The summed E-state index contributed by atoms with van der Waals surface area (Å²) in [4.78, 5) is 2.99. The average Bonchev–Trinajstić information content (AvgIpc) is 2.69. The Balaban J connectivity index is 1.93. The molecule has 0 unspecified atom stereocenters. The predicted octanol–water partition coefficient (Wildman–Crippen LogP) is 3.01. The molecule has 4 heteroatoms. The number of H-pyrrole nitrogens is 1. The summed E-state index contributed by atoms with van der Waals surface area (Å²) in [5, 5.41) is 9.18. The highest BCUT2D eigenvalue weighted by atomic mass is 32.1. The van der Waals surface area contributed by atoms with Gasteiger partial charge in [0.1, 0.15) is 0 Å². The van der Waals surface area contributed by atoms with Crippen LogP contribution in [0.25, 0.3) is 0 Å². The van der Waals surface area contributed by atoms with Crippen molar-refractivity contribution in [1.82, 2.24) is 9.55 Å². The monoisotopic (exact) mass is 240 g/mol. The van der Waals surface area contributed by atoms with Crippen LogP contribution in [0.1, 0.15) is 44.2 Å². The lowest BCUT2D eigenvalue weighted by molar-refractivity contribution is 0.265. The molecule has 0 amide bonds. The van der Waals surface area contributed by atoms with Crippen LogP contribution in [-0.4, -0.2) is 14.7 Å². The minimum absolute atomic E-state index is 0.0673. The molecule has 0 aromatic carbocycles. The van der Waals surface area contributed by atoms with Crippen molar-refractivity contribution in [3.63, 3.8) is 0 Å². The molecule has 1 heterocycles. The smallest absolute Gasteiger partial charge is 0.177 e. The zero-order valence-corrected chi connectivity index (χ0v) is 10.4. The van der Waals surface area contributed by atoms with E-state index in [0.717, 1.165) is 22.9 Å². The van der Waals surface area contributed by atoms with E-state index in [4.69, 9.17) is 12.2 Å². The third-order valence-electron chi connectivity index (χ3n) is 3.60. The Morgan fingerprint density at radius 3 is 2.81 bits per heavy atom. The fourth-order valence-electron chi connectivity index (χ4n) is 2.59. The number of imidazole rings is 1. The summed E-state index contributed by atoms with van der Waals surface area (Å²) in [6, 6.07) is 0. The number of aromatic amines is 1. The molecule has 2 rings (SSSR count). The molecule has 1 aliphatic carbocycles. The van der Waals surface area contributed by atoms with E-state index in [9.17, 15) is 5.11 Å². The number of nitrogens with one attached hydrogen (secondary N) is 1. The molecule has 1 fully saturated rings. The Morgan fingerprint density at radius 1 is 1.38 bits per heavy atom. The van der Waals surface area contributed by atoms with Crippen molar-refractivity contribution in [2.75, 3.05) is 0 Å². The van der Waals surface area contributed by atoms with Crippen LogP contribution in [0.5, 0.6) is 0 Å². The van der Waals surface area contributed by atoms with Crippen molar-refractivity contribution >= 4 is 12.2 Å². The summed E-state index contributed by atoms with van der Waals surface area (Å²) in [6.45, 7) is 1.01. The zero-order valence-electron chi connectivity index (χ0n) is 9.61. The Hall–Kier alpha value is -0.610. The molecule has 90 valence electrons. The van der Waals surface area contributed by atoms with Gasteiger partial charge in [-0.2, -0.15) is 0 Å². The molecule has 0 bridgehead atoms. The first-order valence-electron chi connectivity index (χ1n) is 6.19. The van der Waals surface area contributed by atoms with Crippen molar-refractivity contribution in [2.24, 2.45) is 5.92 Å². The van der Waals surface area contributed by atoms with Gasteiger partial charge in [0, 0.05) is 12.7 Å². The Morgan fingerprint density at radius 2 is 2.12 bits per heavy atom. The molecule has 0 saturated heterocycles. The highest BCUT2D eigenvalue weighted by Crippen LogP contribution is 2.26. The van der Waals surface area contributed by atoms with Crippen LogP contribution in [0.15, 0.2) is 6.20 Å². The number of aliphatic hydroxyl groups is 1. The fourth-order valence-corrected chi connectivity index (χ4v) is 2.86. The van der Waals surface area contributed by atoms with E-state index in [2.05, 4.69) is 4.98 Å². The van der Waals surface area contributed by atoms with E-state index >= 15 is 0 Å². The standard InChI is InChI=1S/C12H20N2OS/c15-9-11-8-13-12(16)14(11)7-6-10-4-2-1-3-5-10/h8,10,15H,1-7,9H2,(H,13,16). The summed E-state index contributed by atoms with van der Waals surface area (Å²) in [7, 11) is 0. The number of hydrogen-bond acceptors (Lipinski definition) is 2. The molecule has 0 spiro atoms. The molecule has 3 nitrogen and oxygen atoms in total. The molecule has 1 aromatic rings. The third-order valence-corrected chi connectivity index (χ3v) is 3.94. The van der Waals surface area contributed by atoms with E-state index in [1.165, 1.54) is 38.5 Å². The van der Waals surface area contributed by atoms with Crippen molar-refractivity contribution in [1.29, 1.82) is 0 Å². The van der Waals surface area contributed by atoms with Gasteiger partial charge >= 0.3 is 0 Å². The van der Waals surface area contributed by atoms with Gasteiger partial charge in [-0.05, 0) is 24.6 Å². The van der Waals surface area contributed by atoms with E-state index < -0.39 is 0 Å². The van der Waals surface area contributed by atoms with Gasteiger partial charge in [-0.3, -0.25) is 0 Å².